The highest BCUT2D eigenvalue weighted by Gasteiger charge is 2.27. The van der Waals surface area contributed by atoms with E-state index in [-0.39, 0.29) is 40.0 Å². The molecule has 118 valence electrons. The first-order valence-corrected chi connectivity index (χ1v) is 8.62. The topological polar surface area (TPSA) is 66.5 Å². The molecular formula is C13H18Cl2N2O3S. The highest BCUT2D eigenvalue weighted by molar-refractivity contribution is 7.89. The van der Waals surface area contributed by atoms with Gasteiger partial charge < -0.3 is 5.32 Å². The second-order valence-corrected chi connectivity index (χ2v) is 7.48. The first-order chi connectivity index (χ1) is 9.68. The van der Waals surface area contributed by atoms with Crippen LogP contribution in [0.25, 0.3) is 0 Å². The van der Waals surface area contributed by atoms with Gasteiger partial charge in [0.1, 0.15) is 4.90 Å². The molecule has 0 radical (unpaired) electrons. The number of hydrogen-bond acceptors (Lipinski definition) is 3. The minimum Gasteiger partial charge on any atom is -0.353 e. The first-order valence-electron chi connectivity index (χ1n) is 6.43. The predicted molar refractivity (Wildman–Crippen MR) is 84.2 cm³/mol. The Balaban J connectivity index is 3.08. The average molecular weight is 353 g/mol. The van der Waals surface area contributed by atoms with Crippen molar-refractivity contribution in [3.05, 3.63) is 28.2 Å². The van der Waals surface area contributed by atoms with Crippen LogP contribution in [0.2, 0.25) is 10.0 Å². The molecule has 1 aromatic rings. The molecule has 0 heterocycles. The number of nitrogens with zero attached hydrogens (tertiary/aromatic N) is 1. The normalized spacial score (nSPS) is 12.0. The minimum absolute atomic E-state index is 0.0614. The number of hydrogen-bond donors (Lipinski definition) is 1. The summed E-state index contributed by atoms with van der Waals surface area (Å²) in [4.78, 5) is 11.7. The van der Waals surface area contributed by atoms with Crippen molar-refractivity contribution in [3.8, 4) is 0 Å². The molecule has 0 fully saturated rings. The van der Waals surface area contributed by atoms with Crippen LogP contribution in [0.5, 0.6) is 0 Å². The van der Waals surface area contributed by atoms with Gasteiger partial charge in [0.25, 0.3) is 0 Å². The maximum absolute atomic E-state index is 12.6. The molecule has 8 heteroatoms. The van der Waals surface area contributed by atoms with E-state index in [9.17, 15) is 13.2 Å². The van der Waals surface area contributed by atoms with E-state index in [4.69, 9.17) is 23.2 Å². The van der Waals surface area contributed by atoms with Gasteiger partial charge in [-0.05, 0) is 32.0 Å². The Bertz CT molecular complexity index is 618. The summed E-state index contributed by atoms with van der Waals surface area (Å²) in [6.07, 6.45) is 0. The Kier molecular flexibility index (Phi) is 6.46. The minimum atomic E-state index is -3.88. The average Bonchev–Trinajstić information content (AvgIpc) is 2.37. The van der Waals surface area contributed by atoms with Crippen molar-refractivity contribution >= 4 is 39.1 Å². The van der Waals surface area contributed by atoms with Crippen molar-refractivity contribution in [1.82, 2.24) is 9.62 Å². The van der Waals surface area contributed by atoms with E-state index in [0.717, 1.165) is 4.31 Å². The van der Waals surface area contributed by atoms with Crippen LogP contribution in [0.1, 0.15) is 20.8 Å². The highest BCUT2D eigenvalue weighted by atomic mass is 35.5. The molecular weight excluding hydrogens is 335 g/mol. The van der Waals surface area contributed by atoms with Crippen LogP contribution in [0.4, 0.5) is 0 Å². The Labute approximate surface area is 135 Å². The van der Waals surface area contributed by atoms with E-state index in [0.29, 0.717) is 0 Å². The molecule has 0 aliphatic rings. The molecule has 0 spiro atoms. The van der Waals surface area contributed by atoms with Gasteiger partial charge in [-0.15, -0.1) is 0 Å². The summed E-state index contributed by atoms with van der Waals surface area (Å²) in [6, 6.07) is 4.14. The summed E-state index contributed by atoms with van der Waals surface area (Å²) < 4.78 is 26.2. The highest BCUT2D eigenvalue weighted by Crippen LogP contribution is 2.27. The number of likely N-dealkylation sites (N-methyl/N-ethyl adjacent to an activating group) is 1. The van der Waals surface area contributed by atoms with E-state index in [2.05, 4.69) is 5.32 Å². The molecule has 0 bridgehead atoms. The number of benzene rings is 1. The SMILES string of the molecule is CCN(CC(=O)NC(C)C)S(=O)(=O)c1cc(Cl)ccc1Cl. The van der Waals surface area contributed by atoms with Gasteiger partial charge in [-0.25, -0.2) is 8.42 Å². The number of rotatable bonds is 6. The lowest BCUT2D eigenvalue weighted by molar-refractivity contribution is -0.121. The second-order valence-electron chi connectivity index (χ2n) is 4.73. The summed E-state index contributed by atoms with van der Waals surface area (Å²) in [6.45, 7) is 5.14. The van der Waals surface area contributed by atoms with Crippen LogP contribution in [-0.2, 0) is 14.8 Å². The molecule has 1 N–H and O–H groups in total. The van der Waals surface area contributed by atoms with Crippen LogP contribution in [0, 0.1) is 0 Å². The van der Waals surface area contributed by atoms with Gasteiger partial charge >= 0.3 is 0 Å². The number of amides is 1. The van der Waals surface area contributed by atoms with Crippen molar-refractivity contribution in [2.24, 2.45) is 0 Å². The van der Waals surface area contributed by atoms with Gasteiger partial charge in [0, 0.05) is 17.6 Å². The molecule has 5 nitrogen and oxygen atoms in total. The summed E-state index contributed by atoms with van der Waals surface area (Å²) >= 11 is 11.8. The van der Waals surface area contributed by atoms with E-state index in [1.165, 1.54) is 18.2 Å². The fourth-order valence-electron chi connectivity index (χ4n) is 1.71. The number of sulfonamides is 1. The second kappa shape index (κ2) is 7.45. The molecule has 21 heavy (non-hydrogen) atoms. The number of nitrogens with one attached hydrogen (secondary N) is 1. The predicted octanol–water partition coefficient (Wildman–Crippen LogP) is 2.53. The first kappa shape index (κ1) is 18.2. The zero-order valence-electron chi connectivity index (χ0n) is 12.1. The fourth-order valence-corrected chi connectivity index (χ4v) is 3.85. The smallest absolute Gasteiger partial charge is 0.245 e. The molecule has 0 aromatic heterocycles. The summed E-state index contributed by atoms with van der Waals surface area (Å²) in [5.41, 5.74) is 0. The molecule has 0 atom stereocenters. The quantitative estimate of drug-likeness (QED) is 0.855. The standard InChI is InChI=1S/C13H18Cl2N2O3S/c1-4-17(8-13(18)16-9(2)3)21(19,20)12-7-10(14)5-6-11(12)15/h5-7,9H,4,8H2,1-3H3,(H,16,18). The van der Waals surface area contributed by atoms with Crippen molar-refractivity contribution in [1.29, 1.82) is 0 Å². The Morgan fingerprint density at radius 1 is 1.33 bits per heavy atom. The third-order valence-corrected chi connectivity index (χ3v) is 5.27. The molecule has 0 saturated heterocycles. The van der Waals surface area contributed by atoms with Gasteiger partial charge in [-0.2, -0.15) is 4.31 Å². The number of carbonyl (C=O) groups excluding carboxylic acids is 1. The Morgan fingerprint density at radius 3 is 2.48 bits per heavy atom. The lowest BCUT2D eigenvalue weighted by Gasteiger charge is -2.21. The van der Waals surface area contributed by atoms with Crippen molar-refractivity contribution in [3.63, 3.8) is 0 Å². The third kappa shape index (κ3) is 4.85. The zero-order chi connectivity index (χ0) is 16.2. The van der Waals surface area contributed by atoms with E-state index in [1.807, 2.05) is 0 Å². The molecule has 0 saturated carbocycles. The van der Waals surface area contributed by atoms with Crippen molar-refractivity contribution < 1.29 is 13.2 Å². The van der Waals surface area contributed by atoms with Crippen LogP contribution in [0.3, 0.4) is 0 Å². The Morgan fingerprint density at radius 2 is 1.95 bits per heavy atom. The van der Waals surface area contributed by atoms with Crippen LogP contribution in [-0.4, -0.2) is 37.8 Å². The molecule has 0 aliphatic carbocycles. The fraction of sp³-hybridized carbons (Fsp3) is 0.462. The largest absolute Gasteiger partial charge is 0.353 e. The van der Waals surface area contributed by atoms with E-state index in [1.54, 1.807) is 20.8 Å². The van der Waals surface area contributed by atoms with Crippen LogP contribution in [0.15, 0.2) is 23.1 Å². The Hall–Kier alpha value is -0.820. The summed E-state index contributed by atoms with van der Waals surface area (Å²) in [5.74, 6) is -0.367. The molecule has 1 amide bonds. The van der Waals surface area contributed by atoms with Gasteiger partial charge in [0.15, 0.2) is 0 Å². The van der Waals surface area contributed by atoms with E-state index >= 15 is 0 Å². The maximum Gasteiger partial charge on any atom is 0.245 e. The molecule has 0 unspecified atom stereocenters. The van der Waals surface area contributed by atoms with Gasteiger partial charge in [0.2, 0.25) is 15.9 Å². The molecule has 1 rings (SSSR count). The van der Waals surface area contributed by atoms with Gasteiger partial charge in [-0.3, -0.25) is 4.79 Å². The van der Waals surface area contributed by atoms with Gasteiger partial charge in [0.05, 0.1) is 11.6 Å². The molecule has 0 aliphatic heterocycles. The lowest BCUT2D eigenvalue weighted by Crippen LogP contribution is -2.42. The van der Waals surface area contributed by atoms with Crippen LogP contribution >= 0.6 is 23.2 Å². The molecule has 1 aromatic carbocycles. The van der Waals surface area contributed by atoms with Crippen LogP contribution < -0.4 is 5.32 Å². The van der Waals surface area contributed by atoms with E-state index < -0.39 is 10.0 Å². The number of carbonyl (C=O) groups is 1. The zero-order valence-corrected chi connectivity index (χ0v) is 14.4. The summed E-state index contributed by atoms with van der Waals surface area (Å²) in [5, 5.41) is 2.99. The lowest BCUT2D eigenvalue weighted by atomic mass is 10.4. The van der Waals surface area contributed by atoms with Gasteiger partial charge in [-0.1, -0.05) is 30.1 Å². The summed E-state index contributed by atoms with van der Waals surface area (Å²) in [7, 11) is -3.88. The third-order valence-electron chi connectivity index (χ3n) is 2.63. The maximum atomic E-state index is 12.6. The monoisotopic (exact) mass is 352 g/mol. The van der Waals surface area contributed by atoms with Crippen molar-refractivity contribution in [2.75, 3.05) is 13.1 Å². The van der Waals surface area contributed by atoms with Crippen molar-refractivity contribution in [2.45, 2.75) is 31.7 Å². The number of halogens is 2.